The number of phenolic OH excluding ortho intramolecular Hbond substituents is 1. The highest BCUT2D eigenvalue weighted by atomic mass is 16.3. The van der Waals surface area contributed by atoms with Crippen LogP contribution in [0.1, 0.15) is 52.7 Å². The lowest BCUT2D eigenvalue weighted by Gasteiger charge is -2.31. The summed E-state index contributed by atoms with van der Waals surface area (Å²) in [5.74, 6) is 0.231. The number of aromatic hydroxyl groups is 1. The number of benzene rings is 1. The molecule has 0 aromatic heterocycles. The van der Waals surface area contributed by atoms with Crippen molar-refractivity contribution in [1.82, 2.24) is 0 Å². The third kappa shape index (κ3) is 2.65. The number of phenols is 1. The van der Waals surface area contributed by atoms with Crippen LogP contribution in [-0.2, 0) is 10.8 Å². The molecule has 0 aliphatic heterocycles. The molecule has 94 valence electrons. The van der Waals surface area contributed by atoms with E-state index in [4.69, 9.17) is 0 Å². The third-order valence-electron chi connectivity index (χ3n) is 2.76. The van der Waals surface area contributed by atoms with Crippen molar-refractivity contribution in [2.24, 2.45) is 5.18 Å². The van der Waals surface area contributed by atoms with Crippen LogP contribution < -0.4 is 0 Å². The van der Waals surface area contributed by atoms with Crippen molar-refractivity contribution >= 4 is 5.69 Å². The Morgan fingerprint density at radius 2 is 1.41 bits per heavy atom. The van der Waals surface area contributed by atoms with E-state index in [9.17, 15) is 10.0 Å². The first kappa shape index (κ1) is 13.7. The lowest BCUT2D eigenvalue weighted by molar-refractivity contribution is 0.436. The zero-order valence-electron chi connectivity index (χ0n) is 11.5. The van der Waals surface area contributed by atoms with Crippen molar-refractivity contribution in [3.63, 3.8) is 0 Å². The van der Waals surface area contributed by atoms with Crippen molar-refractivity contribution < 1.29 is 5.11 Å². The minimum absolute atomic E-state index is 0.229. The molecule has 0 saturated heterocycles. The molecule has 0 unspecified atom stereocenters. The SMILES string of the molecule is CC(C)(C)c1c(O)ccc(N=O)c1C(C)(C)C. The Morgan fingerprint density at radius 3 is 1.76 bits per heavy atom. The van der Waals surface area contributed by atoms with Gasteiger partial charge in [-0.05, 0) is 33.7 Å². The first-order valence-electron chi connectivity index (χ1n) is 5.79. The van der Waals surface area contributed by atoms with E-state index in [1.807, 2.05) is 41.5 Å². The Bertz CT molecular complexity index is 437. The minimum Gasteiger partial charge on any atom is -0.508 e. The van der Waals surface area contributed by atoms with Gasteiger partial charge in [-0.2, -0.15) is 0 Å². The molecule has 0 fully saturated rings. The second-order valence-electron chi connectivity index (χ2n) is 6.45. The second kappa shape index (κ2) is 4.13. The molecule has 1 aromatic carbocycles. The summed E-state index contributed by atoms with van der Waals surface area (Å²) in [5, 5.41) is 13.2. The lowest BCUT2D eigenvalue weighted by Crippen LogP contribution is -2.22. The maximum Gasteiger partial charge on any atom is 0.119 e. The van der Waals surface area contributed by atoms with Gasteiger partial charge in [0.1, 0.15) is 11.4 Å². The van der Waals surface area contributed by atoms with E-state index < -0.39 is 0 Å². The van der Waals surface area contributed by atoms with E-state index in [1.165, 1.54) is 0 Å². The zero-order valence-corrected chi connectivity index (χ0v) is 11.5. The molecular weight excluding hydrogens is 214 g/mol. The molecule has 0 aliphatic rings. The zero-order chi connectivity index (χ0) is 13.4. The number of rotatable bonds is 1. The summed E-state index contributed by atoms with van der Waals surface area (Å²) in [5.41, 5.74) is 1.60. The second-order valence-corrected chi connectivity index (χ2v) is 6.45. The van der Waals surface area contributed by atoms with Crippen LogP contribution in [0.4, 0.5) is 5.69 Å². The highest BCUT2D eigenvalue weighted by molar-refractivity contribution is 5.60. The van der Waals surface area contributed by atoms with Gasteiger partial charge in [0, 0.05) is 5.56 Å². The standard InChI is InChI=1S/C14H21NO2/c1-13(2,3)11-9(15-17)7-8-10(16)12(11)14(4,5)6/h7-8,16H,1-6H3. The van der Waals surface area contributed by atoms with Gasteiger partial charge in [0.2, 0.25) is 0 Å². The Kier molecular flexibility index (Phi) is 3.33. The van der Waals surface area contributed by atoms with Crippen molar-refractivity contribution in [3.8, 4) is 5.75 Å². The van der Waals surface area contributed by atoms with Crippen LogP contribution >= 0.6 is 0 Å². The summed E-state index contributed by atoms with van der Waals surface area (Å²) >= 11 is 0. The van der Waals surface area contributed by atoms with Gasteiger partial charge in [-0.25, -0.2) is 0 Å². The average Bonchev–Trinajstić information content (AvgIpc) is 2.13. The molecule has 0 spiro atoms. The summed E-state index contributed by atoms with van der Waals surface area (Å²) in [4.78, 5) is 10.9. The van der Waals surface area contributed by atoms with E-state index in [0.29, 0.717) is 5.69 Å². The van der Waals surface area contributed by atoms with Crippen LogP contribution in [0.25, 0.3) is 0 Å². The molecule has 0 amide bonds. The van der Waals surface area contributed by atoms with Crippen molar-refractivity contribution in [2.45, 2.75) is 52.4 Å². The van der Waals surface area contributed by atoms with Gasteiger partial charge in [0.15, 0.2) is 0 Å². The smallest absolute Gasteiger partial charge is 0.119 e. The van der Waals surface area contributed by atoms with Crippen LogP contribution in [0, 0.1) is 4.91 Å². The molecule has 17 heavy (non-hydrogen) atoms. The summed E-state index contributed by atoms with van der Waals surface area (Å²) in [7, 11) is 0. The normalized spacial score (nSPS) is 12.6. The van der Waals surface area contributed by atoms with Crippen molar-refractivity contribution in [1.29, 1.82) is 0 Å². The summed E-state index contributed by atoms with van der Waals surface area (Å²) in [6, 6.07) is 3.13. The predicted molar refractivity (Wildman–Crippen MR) is 71.0 cm³/mol. The number of hydrogen-bond acceptors (Lipinski definition) is 3. The van der Waals surface area contributed by atoms with E-state index in [2.05, 4.69) is 5.18 Å². The lowest BCUT2D eigenvalue weighted by atomic mass is 9.74. The first-order chi connectivity index (χ1) is 7.59. The fourth-order valence-corrected chi connectivity index (χ4v) is 2.18. The van der Waals surface area contributed by atoms with Gasteiger partial charge in [0.25, 0.3) is 0 Å². The van der Waals surface area contributed by atoms with Gasteiger partial charge in [-0.1, -0.05) is 41.5 Å². The van der Waals surface area contributed by atoms with Gasteiger partial charge in [-0.3, -0.25) is 0 Å². The van der Waals surface area contributed by atoms with Gasteiger partial charge in [-0.15, -0.1) is 4.91 Å². The minimum atomic E-state index is -0.232. The number of nitrogens with zero attached hydrogens (tertiary/aromatic N) is 1. The molecule has 1 aromatic rings. The van der Waals surface area contributed by atoms with Crippen LogP contribution in [-0.4, -0.2) is 5.11 Å². The highest BCUT2D eigenvalue weighted by Crippen LogP contribution is 2.44. The van der Waals surface area contributed by atoms with Crippen molar-refractivity contribution in [2.75, 3.05) is 0 Å². The maximum absolute atomic E-state index is 10.9. The quantitative estimate of drug-likeness (QED) is 0.734. The molecule has 0 radical (unpaired) electrons. The fraction of sp³-hybridized carbons (Fsp3) is 0.571. The molecule has 0 atom stereocenters. The highest BCUT2D eigenvalue weighted by Gasteiger charge is 2.30. The Balaban J connectivity index is 3.73. The van der Waals surface area contributed by atoms with E-state index >= 15 is 0 Å². The molecule has 3 nitrogen and oxygen atoms in total. The molecule has 1 N–H and O–H groups in total. The molecule has 3 heteroatoms. The third-order valence-corrected chi connectivity index (χ3v) is 2.76. The van der Waals surface area contributed by atoms with Crippen LogP contribution in [0.3, 0.4) is 0 Å². The maximum atomic E-state index is 10.9. The molecule has 1 rings (SSSR count). The van der Waals surface area contributed by atoms with E-state index in [1.54, 1.807) is 12.1 Å². The van der Waals surface area contributed by atoms with Crippen molar-refractivity contribution in [3.05, 3.63) is 28.2 Å². The molecule has 0 heterocycles. The van der Waals surface area contributed by atoms with Crippen LogP contribution in [0.15, 0.2) is 17.3 Å². The molecule has 0 bridgehead atoms. The Morgan fingerprint density at radius 1 is 0.941 bits per heavy atom. The van der Waals surface area contributed by atoms with Crippen LogP contribution in [0.2, 0.25) is 0 Å². The molecule has 0 saturated carbocycles. The average molecular weight is 235 g/mol. The van der Waals surface area contributed by atoms with E-state index in [-0.39, 0.29) is 16.6 Å². The van der Waals surface area contributed by atoms with Gasteiger partial charge in [0.05, 0.1) is 0 Å². The van der Waals surface area contributed by atoms with Gasteiger partial charge < -0.3 is 5.11 Å². The molecular formula is C14H21NO2. The Hall–Kier alpha value is -1.38. The van der Waals surface area contributed by atoms with E-state index in [0.717, 1.165) is 11.1 Å². The summed E-state index contributed by atoms with van der Waals surface area (Å²) < 4.78 is 0. The number of hydrogen-bond donors (Lipinski definition) is 1. The number of nitroso groups, excluding NO2 is 1. The topological polar surface area (TPSA) is 49.7 Å². The summed E-state index contributed by atoms with van der Waals surface area (Å²) in [6.45, 7) is 12.1. The first-order valence-corrected chi connectivity index (χ1v) is 5.79. The monoisotopic (exact) mass is 235 g/mol. The van der Waals surface area contributed by atoms with Gasteiger partial charge >= 0.3 is 0 Å². The molecule has 0 aliphatic carbocycles. The predicted octanol–water partition coefficient (Wildman–Crippen LogP) is 4.39. The fourth-order valence-electron chi connectivity index (χ4n) is 2.18. The Labute approximate surface area is 103 Å². The van der Waals surface area contributed by atoms with Crippen LogP contribution in [0.5, 0.6) is 5.75 Å². The summed E-state index contributed by atoms with van der Waals surface area (Å²) in [6.07, 6.45) is 0. The largest absolute Gasteiger partial charge is 0.508 e.